The first kappa shape index (κ1) is 14.9. The second-order valence-electron chi connectivity index (χ2n) is 4.15. The molecule has 0 heterocycles. The van der Waals surface area contributed by atoms with Gasteiger partial charge < -0.3 is 15.4 Å². The van der Waals surface area contributed by atoms with Crippen molar-refractivity contribution in [1.82, 2.24) is 0 Å². The van der Waals surface area contributed by atoms with Crippen molar-refractivity contribution in [2.24, 2.45) is 0 Å². The molecule has 0 atom stereocenters. The van der Waals surface area contributed by atoms with Crippen LogP contribution in [0.1, 0.15) is 10.4 Å². The zero-order chi connectivity index (χ0) is 15.2. The Morgan fingerprint density at radius 2 is 1.38 bits per heavy atom. The third kappa shape index (κ3) is 4.22. The van der Waals surface area contributed by atoms with Gasteiger partial charge in [0.15, 0.2) is 0 Å². The number of hydrogen-bond acceptors (Lipinski definition) is 3. The highest BCUT2D eigenvalue weighted by atomic mass is 35.5. The summed E-state index contributed by atoms with van der Waals surface area (Å²) < 4.78 is 4.60. The van der Waals surface area contributed by atoms with E-state index < -0.39 is 5.97 Å². The third-order valence-electron chi connectivity index (χ3n) is 2.67. The summed E-state index contributed by atoms with van der Waals surface area (Å²) in [6, 6.07) is 12.8. The van der Waals surface area contributed by atoms with E-state index in [4.69, 9.17) is 11.6 Å². The molecule has 6 heteroatoms. The van der Waals surface area contributed by atoms with Crippen LogP contribution >= 0.6 is 11.6 Å². The molecule has 108 valence electrons. The maximum atomic E-state index is 11.8. The topological polar surface area (TPSA) is 67.4 Å². The predicted molar refractivity (Wildman–Crippen MR) is 81.9 cm³/mol. The summed E-state index contributed by atoms with van der Waals surface area (Å²) in [6.07, 6.45) is 0. The van der Waals surface area contributed by atoms with Gasteiger partial charge in [-0.2, -0.15) is 0 Å². The minimum atomic E-state index is -0.424. The van der Waals surface area contributed by atoms with Crippen molar-refractivity contribution >= 4 is 35.0 Å². The van der Waals surface area contributed by atoms with Crippen molar-refractivity contribution in [3.8, 4) is 0 Å². The minimum absolute atomic E-state index is 0.386. The van der Waals surface area contributed by atoms with E-state index in [1.54, 1.807) is 48.5 Å². The number of methoxy groups -OCH3 is 1. The molecule has 0 aromatic heterocycles. The zero-order valence-corrected chi connectivity index (χ0v) is 12.0. The fourth-order valence-corrected chi connectivity index (χ4v) is 1.76. The second-order valence-corrected chi connectivity index (χ2v) is 4.59. The van der Waals surface area contributed by atoms with E-state index in [1.807, 2.05) is 0 Å². The van der Waals surface area contributed by atoms with Gasteiger partial charge in [-0.15, -0.1) is 0 Å². The number of ether oxygens (including phenoxy) is 1. The van der Waals surface area contributed by atoms with Gasteiger partial charge in [0.25, 0.3) is 0 Å². The minimum Gasteiger partial charge on any atom is -0.465 e. The fourth-order valence-electron chi connectivity index (χ4n) is 1.63. The molecule has 0 aliphatic rings. The Morgan fingerprint density at radius 1 is 0.905 bits per heavy atom. The lowest BCUT2D eigenvalue weighted by Crippen LogP contribution is -2.19. The van der Waals surface area contributed by atoms with Crippen molar-refractivity contribution in [2.75, 3.05) is 17.7 Å². The third-order valence-corrected chi connectivity index (χ3v) is 2.92. The number of halogens is 1. The van der Waals surface area contributed by atoms with Crippen molar-refractivity contribution in [3.05, 3.63) is 59.1 Å². The Labute approximate surface area is 126 Å². The van der Waals surface area contributed by atoms with Gasteiger partial charge in [0.2, 0.25) is 0 Å². The van der Waals surface area contributed by atoms with Crippen molar-refractivity contribution < 1.29 is 14.3 Å². The van der Waals surface area contributed by atoms with E-state index in [1.165, 1.54) is 7.11 Å². The molecule has 0 aliphatic carbocycles. The number of carbonyl (C=O) groups excluding carboxylic acids is 2. The lowest BCUT2D eigenvalue weighted by atomic mass is 10.2. The summed E-state index contributed by atoms with van der Waals surface area (Å²) in [5, 5.41) is 5.92. The van der Waals surface area contributed by atoms with Gasteiger partial charge in [-0.05, 0) is 48.5 Å². The van der Waals surface area contributed by atoms with Crippen LogP contribution in [0.15, 0.2) is 48.5 Å². The van der Waals surface area contributed by atoms with Crippen LogP contribution in [0, 0.1) is 0 Å². The van der Waals surface area contributed by atoms with Gasteiger partial charge in [0.1, 0.15) is 0 Å². The zero-order valence-electron chi connectivity index (χ0n) is 11.2. The lowest BCUT2D eigenvalue weighted by Gasteiger charge is -2.08. The van der Waals surface area contributed by atoms with Crippen LogP contribution in [0.5, 0.6) is 0 Å². The normalized spacial score (nSPS) is 9.81. The number of rotatable bonds is 3. The summed E-state index contributed by atoms with van der Waals surface area (Å²) in [5.41, 5.74) is 1.61. The molecule has 2 aromatic rings. The molecule has 5 nitrogen and oxygen atoms in total. The SMILES string of the molecule is COC(=O)c1ccc(NC(=O)Nc2ccc(Cl)cc2)cc1. The Balaban J connectivity index is 1.96. The molecule has 0 radical (unpaired) electrons. The lowest BCUT2D eigenvalue weighted by molar-refractivity contribution is 0.0601. The molecule has 2 N–H and O–H groups in total. The van der Waals surface area contributed by atoms with Crippen LogP contribution in [0.4, 0.5) is 16.2 Å². The van der Waals surface area contributed by atoms with Gasteiger partial charge in [-0.3, -0.25) is 0 Å². The Morgan fingerprint density at radius 3 is 1.86 bits per heavy atom. The summed E-state index contributed by atoms with van der Waals surface area (Å²) in [5.74, 6) is -0.424. The second kappa shape index (κ2) is 6.76. The number of benzene rings is 2. The van der Waals surface area contributed by atoms with Crippen LogP contribution in [-0.4, -0.2) is 19.1 Å². The quantitative estimate of drug-likeness (QED) is 0.848. The molecule has 0 spiro atoms. The molecule has 2 aromatic carbocycles. The molecule has 0 aliphatic heterocycles. The molecular formula is C15H13ClN2O3. The van der Waals surface area contributed by atoms with E-state index in [2.05, 4.69) is 15.4 Å². The maximum Gasteiger partial charge on any atom is 0.337 e. The van der Waals surface area contributed by atoms with Gasteiger partial charge in [0, 0.05) is 16.4 Å². The first-order chi connectivity index (χ1) is 10.1. The number of carbonyl (C=O) groups is 2. The first-order valence-electron chi connectivity index (χ1n) is 6.10. The van der Waals surface area contributed by atoms with Crippen LogP contribution in [0.2, 0.25) is 5.02 Å². The number of nitrogens with one attached hydrogen (secondary N) is 2. The van der Waals surface area contributed by atoms with E-state index >= 15 is 0 Å². The Bertz CT molecular complexity index is 639. The van der Waals surface area contributed by atoms with Gasteiger partial charge >= 0.3 is 12.0 Å². The Kier molecular flexibility index (Phi) is 4.79. The summed E-state index contributed by atoms with van der Waals surface area (Å²) in [6.45, 7) is 0. The van der Waals surface area contributed by atoms with Crippen molar-refractivity contribution in [3.63, 3.8) is 0 Å². The summed E-state index contributed by atoms with van der Waals surface area (Å²) in [7, 11) is 1.31. The predicted octanol–water partition coefficient (Wildman–Crippen LogP) is 3.77. The largest absolute Gasteiger partial charge is 0.465 e. The molecule has 0 saturated carbocycles. The average Bonchev–Trinajstić information content (AvgIpc) is 2.49. The molecule has 21 heavy (non-hydrogen) atoms. The summed E-state index contributed by atoms with van der Waals surface area (Å²) in [4.78, 5) is 23.1. The smallest absolute Gasteiger partial charge is 0.337 e. The van der Waals surface area contributed by atoms with Gasteiger partial charge in [-0.25, -0.2) is 9.59 Å². The Hall–Kier alpha value is -2.53. The molecule has 0 fully saturated rings. The summed E-state index contributed by atoms with van der Waals surface area (Å²) >= 11 is 5.76. The molecule has 0 bridgehead atoms. The van der Waals surface area contributed by atoms with Crippen molar-refractivity contribution in [1.29, 1.82) is 0 Å². The maximum absolute atomic E-state index is 11.8. The van der Waals surface area contributed by atoms with Gasteiger partial charge in [-0.1, -0.05) is 11.6 Å². The number of amides is 2. The number of urea groups is 1. The highest BCUT2D eigenvalue weighted by Gasteiger charge is 2.06. The molecule has 2 amide bonds. The highest BCUT2D eigenvalue weighted by Crippen LogP contribution is 2.14. The van der Waals surface area contributed by atoms with Crippen LogP contribution < -0.4 is 10.6 Å². The molecule has 0 saturated heterocycles. The van der Waals surface area contributed by atoms with E-state index in [0.29, 0.717) is 22.0 Å². The first-order valence-corrected chi connectivity index (χ1v) is 6.48. The van der Waals surface area contributed by atoms with Crippen LogP contribution in [0.3, 0.4) is 0 Å². The van der Waals surface area contributed by atoms with E-state index in [0.717, 1.165) is 0 Å². The van der Waals surface area contributed by atoms with Crippen molar-refractivity contribution in [2.45, 2.75) is 0 Å². The van der Waals surface area contributed by atoms with E-state index in [9.17, 15) is 9.59 Å². The standard InChI is InChI=1S/C15H13ClN2O3/c1-21-14(19)10-2-6-12(7-3-10)17-15(20)18-13-8-4-11(16)5-9-13/h2-9H,1H3,(H2,17,18,20). The number of hydrogen-bond donors (Lipinski definition) is 2. The molecule has 0 unspecified atom stereocenters. The van der Waals surface area contributed by atoms with E-state index in [-0.39, 0.29) is 6.03 Å². The monoisotopic (exact) mass is 304 g/mol. The van der Waals surface area contributed by atoms with Crippen LogP contribution in [0.25, 0.3) is 0 Å². The fraction of sp³-hybridized carbons (Fsp3) is 0.0667. The van der Waals surface area contributed by atoms with Gasteiger partial charge in [0.05, 0.1) is 12.7 Å². The molecular weight excluding hydrogens is 292 g/mol. The number of esters is 1. The average molecular weight is 305 g/mol. The van der Waals surface area contributed by atoms with Crippen LogP contribution in [-0.2, 0) is 4.74 Å². The number of anilines is 2. The molecule has 2 rings (SSSR count). The highest BCUT2D eigenvalue weighted by molar-refractivity contribution is 6.30.